The molecule has 4 atom stereocenters. The van der Waals surface area contributed by atoms with E-state index in [0.29, 0.717) is 6.61 Å². The van der Waals surface area contributed by atoms with E-state index in [-0.39, 0.29) is 0 Å². The minimum atomic E-state index is -0.832. The van der Waals surface area contributed by atoms with Crippen molar-refractivity contribution in [2.45, 2.75) is 69.4 Å². The number of esters is 1. The van der Waals surface area contributed by atoms with Crippen LogP contribution < -0.4 is 0 Å². The second-order valence-corrected chi connectivity index (χ2v) is 5.74. The highest BCUT2D eigenvalue weighted by Crippen LogP contribution is 2.45. The average Bonchev–Trinajstić information content (AvgIpc) is 2.94. The summed E-state index contributed by atoms with van der Waals surface area (Å²) in [6.45, 7) is 2.06. The Kier molecular flexibility index (Phi) is 4.31. The molecule has 0 unspecified atom stereocenters. The van der Waals surface area contributed by atoms with Crippen LogP contribution in [-0.4, -0.2) is 48.1 Å². The Balaban J connectivity index is 1.59. The minimum Gasteiger partial charge on any atom is -0.463 e. The quantitative estimate of drug-likeness (QED) is 0.625. The van der Waals surface area contributed by atoms with Crippen molar-refractivity contribution < 1.29 is 28.8 Å². The third-order valence-electron chi connectivity index (χ3n) is 4.24. The number of fused-ring (bicyclic) bond motifs is 1. The Morgan fingerprint density at radius 3 is 2.76 bits per heavy atom. The molecular weight excluding hydrogens is 276 g/mol. The van der Waals surface area contributed by atoms with Gasteiger partial charge in [-0.1, -0.05) is 6.42 Å². The Morgan fingerprint density at radius 1 is 1.33 bits per heavy atom. The second kappa shape index (κ2) is 6.04. The molecule has 1 spiro atoms. The van der Waals surface area contributed by atoms with Crippen LogP contribution in [0.5, 0.6) is 0 Å². The van der Waals surface area contributed by atoms with Gasteiger partial charge in [-0.25, -0.2) is 4.79 Å². The van der Waals surface area contributed by atoms with E-state index in [1.165, 1.54) is 18.6 Å². The highest BCUT2D eigenvalue weighted by molar-refractivity contribution is 5.81. The first-order chi connectivity index (χ1) is 10.1. The number of aliphatic hydroxyl groups excluding tert-OH is 1. The van der Waals surface area contributed by atoms with Gasteiger partial charge in [0.1, 0.15) is 18.3 Å². The fourth-order valence-corrected chi connectivity index (χ4v) is 3.22. The Hall–Kier alpha value is -0.950. The van der Waals surface area contributed by atoms with E-state index in [2.05, 4.69) is 0 Å². The molecule has 2 aliphatic heterocycles. The molecular formula is C15H22O6. The molecule has 6 nitrogen and oxygen atoms in total. The van der Waals surface area contributed by atoms with E-state index >= 15 is 0 Å². The van der Waals surface area contributed by atoms with Crippen molar-refractivity contribution in [1.29, 1.82) is 0 Å². The second-order valence-electron chi connectivity index (χ2n) is 5.74. The zero-order valence-electron chi connectivity index (χ0n) is 12.2. The number of rotatable bonds is 3. The largest absolute Gasteiger partial charge is 0.463 e. The maximum absolute atomic E-state index is 11.3. The number of carbonyl (C=O) groups is 1. The van der Waals surface area contributed by atoms with Gasteiger partial charge in [-0.3, -0.25) is 0 Å². The lowest BCUT2D eigenvalue weighted by atomic mass is 9.94. The van der Waals surface area contributed by atoms with Gasteiger partial charge >= 0.3 is 5.97 Å². The van der Waals surface area contributed by atoms with Crippen molar-refractivity contribution in [3.8, 4) is 0 Å². The molecule has 0 amide bonds. The van der Waals surface area contributed by atoms with Crippen molar-refractivity contribution in [2.75, 3.05) is 6.61 Å². The summed E-state index contributed by atoms with van der Waals surface area (Å²) in [5.41, 5.74) is 0. The van der Waals surface area contributed by atoms with Gasteiger partial charge in [-0.05, 0) is 25.8 Å². The van der Waals surface area contributed by atoms with E-state index < -0.39 is 36.4 Å². The average molecular weight is 298 g/mol. The van der Waals surface area contributed by atoms with Crippen LogP contribution >= 0.6 is 0 Å². The lowest BCUT2D eigenvalue weighted by Gasteiger charge is -2.33. The highest BCUT2D eigenvalue weighted by atomic mass is 16.8. The molecule has 1 N–H and O–H groups in total. The summed E-state index contributed by atoms with van der Waals surface area (Å²) in [6, 6.07) is 0. The SMILES string of the molecule is CCOC(=O)/C=C/[C@H]1O[C@@H]2OC3(CCCCC3)O[C@@H]2[C@H]1O. The molecule has 1 aliphatic carbocycles. The number of carbonyl (C=O) groups excluding carboxylic acids is 1. The summed E-state index contributed by atoms with van der Waals surface area (Å²) < 4.78 is 22.3. The first-order valence-electron chi connectivity index (χ1n) is 7.68. The number of ether oxygens (including phenoxy) is 4. The molecule has 3 rings (SSSR count). The molecule has 0 aromatic heterocycles. The predicted molar refractivity (Wildman–Crippen MR) is 72.2 cm³/mol. The number of hydrogen-bond donors (Lipinski definition) is 1. The van der Waals surface area contributed by atoms with E-state index in [9.17, 15) is 9.90 Å². The van der Waals surface area contributed by atoms with E-state index in [1.54, 1.807) is 6.92 Å². The summed E-state index contributed by atoms with van der Waals surface area (Å²) in [4.78, 5) is 11.3. The van der Waals surface area contributed by atoms with Crippen molar-refractivity contribution in [3.05, 3.63) is 12.2 Å². The molecule has 0 aromatic carbocycles. The molecule has 1 saturated carbocycles. The van der Waals surface area contributed by atoms with Crippen LogP contribution in [0.4, 0.5) is 0 Å². The maximum Gasteiger partial charge on any atom is 0.330 e. The van der Waals surface area contributed by atoms with Crippen LogP contribution in [0, 0.1) is 0 Å². The Bertz CT molecular complexity index is 414. The van der Waals surface area contributed by atoms with Gasteiger partial charge in [0.2, 0.25) is 0 Å². The lowest BCUT2D eigenvalue weighted by Crippen LogP contribution is -2.38. The van der Waals surface area contributed by atoms with Crippen molar-refractivity contribution in [1.82, 2.24) is 0 Å². The summed E-state index contributed by atoms with van der Waals surface area (Å²) in [5, 5.41) is 10.3. The summed E-state index contributed by atoms with van der Waals surface area (Å²) in [5.74, 6) is -1.03. The third kappa shape index (κ3) is 2.99. The predicted octanol–water partition coefficient (Wildman–Crippen LogP) is 1.27. The summed E-state index contributed by atoms with van der Waals surface area (Å²) in [7, 11) is 0. The standard InChI is InChI=1S/C15H22O6/c1-2-18-11(16)7-6-10-12(17)13-14(19-10)21-15(20-13)8-4-3-5-9-15/h6-7,10,12-14,17H,2-5,8-9H2,1H3/b7-6+/t10-,12+,13-,14-/m1/s1. The zero-order chi connectivity index (χ0) is 14.9. The Morgan fingerprint density at radius 2 is 2.10 bits per heavy atom. The molecule has 0 bridgehead atoms. The van der Waals surface area contributed by atoms with Crippen LogP contribution in [0.2, 0.25) is 0 Å². The van der Waals surface area contributed by atoms with Crippen molar-refractivity contribution in [2.24, 2.45) is 0 Å². The van der Waals surface area contributed by atoms with Crippen LogP contribution in [0.25, 0.3) is 0 Å². The molecule has 2 saturated heterocycles. The van der Waals surface area contributed by atoms with Crippen molar-refractivity contribution in [3.63, 3.8) is 0 Å². The lowest BCUT2D eigenvalue weighted by molar-refractivity contribution is -0.241. The van der Waals surface area contributed by atoms with Gasteiger partial charge in [0.25, 0.3) is 0 Å². The van der Waals surface area contributed by atoms with Crippen LogP contribution in [0.3, 0.4) is 0 Å². The summed E-state index contributed by atoms with van der Waals surface area (Å²) in [6.07, 6.45) is 5.32. The number of hydrogen-bond acceptors (Lipinski definition) is 6. The fraction of sp³-hybridized carbons (Fsp3) is 0.800. The van der Waals surface area contributed by atoms with E-state index in [0.717, 1.165) is 25.7 Å². The van der Waals surface area contributed by atoms with E-state index in [1.807, 2.05) is 0 Å². The first kappa shape index (κ1) is 15.0. The minimum absolute atomic E-state index is 0.317. The molecule has 21 heavy (non-hydrogen) atoms. The smallest absolute Gasteiger partial charge is 0.330 e. The monoisotopic (exact) mass is 298 g/mol. The Labute approximate surface area is 124 Å². The molecule has 3 fully saturated rings. The fourth-order valence-electron chi connectivity index (χ4n) is 3.22. The van der Waals surface area contributed by atoms with Crippen LogP contribution in [0.15, 0.2) is 12.2 Å². The van der Waals surface area contributed by atoms with Gasteiger partial charge < -0.3 is 24.1 Å². The molecule has 0 aromatic rings. The van der Waals surface area contributed by atoms with Gasteiger partial charge in [-0.2, -0.15) is 0 Å². The number of aliphatic hydroxyl groups is 1. The zero-order valence-corrected chi connectivity index (χ0v) is 12.2. The van der Waals surface area contributed by atoms with Crippen LogP contribution in [-0.2, 0) is 23.7 Å². The molecule has 6 heteroatoms. The maximum atomic E-state index is 11.3. The first-order valence-corrected chi connectivity index (χ1v) is 7.68. The molecule has 0 radical (unpaired) electrons. The molecule has 3 aliphatic rings. The topological polar surface area (TPSA) is 74.2 Å². The van der Waals surface area contributed by atoms with Gasteiger partial charge in [0.15, 0.2) is 12.1 Å². The van der Waals surface area contributed by atoms with Gasteiger partial charge in [0.05, 0.1) is 6.61 Å². The highest BCUT2D eigenvalue weighted by Gasteiger charge is 2.56. The van der Waals surface area contributed by atoms with E-state index in [4.69, 9.17) is 18.9 Å². The normalized spacial score (nSPS) is 38.0. The molecule has 118 valence electrons. The van der Waals surface area contributed by atoms with Crippen LogP contribution in [0.1, 0.15) is 39.0 Å². The van der Waals surface area contributed by atoms with Crippen molar-refractivity contribution >= 4 is 5.97 Å². The van der Waals surface area contributed by atoms with Gasteiger partial charge in [-0.15, -0.1) is 0 Å². The third-order valence-corrected chi connectivity index (χ3v) is 4.24. The molecule has 2 heterocycles. The summed E-state index contributed by atoms with van der Waals surface area (Å²) >= 11 is 0. The van der Waals surface area contributed by atoms with Gasteiger partial charge in [0, 0.05) is 18.9 Å².